The van der Waals surface area contributed by atoms with Crippen LogP contribution < -0.4 is 15.8 Å². The van der Waals surface area contributed by atoms with Crippen molar-refractivity contribution in [3.63, 3.8) is 0 Å². The molecule has 0 aliphatic heterocycles. The van der Waals surface area contributed by atoms with E-state index in [2.05, 4.69) is 5.32 Å². The minimum absolute atomic E-state index is 0.309. The number of halogens is 2. The van der Waals surface area contributed by atoms with Gasteiger partial charge in [-0.15, -0.1) is 0 Å². The largest absolute Gasteiger partial charge is 0.497 e. The number of nitrogen functional groups attached to an aromatic ring is 1. The normalized spacial score (nSPS) is 13.0. The SMILES string of the molecule is COc1cccc(C(CCCCCCNCC(O)c2cc(Cl)c(N)c(Cl)c2)C(=O)O)c1. The van der Waals surface area contributed by atoms with Crippen LogP contribution in [0.25, 0.3) is 0 Å². The van der Waals surface area contributed by atoms with E-state index in [4.69, 9.17) is 33.7 Å². The van der Waals surface area contributed by atoms with Gasteiger partial charge in [-0.1, -0.05) is 54.6 Å². The van der Waals surface area contributed by atoms with Gasteiger partial charge in [0.1, 0.15) is 5.75 Å². The van der Waals surface area contributed by atoms with E-state index in [1.165, 1.54) is 0 Å². The standard InChI is InChI=1S/C23H30Cl2N2O4/c1-31-17-8-6-7-15(11-17)18(23(29)30)9-4-2-3-5-10-27-14-21(28)16-12-19(24)22(26)20(25)13-16/h6-8,11-13,18,21,27-28H,2-5,9-10,14,26H2,1H3,(H,29,30). The molecule has 0 saturated heterocycles. The lowest BCUT2D eigenvalue weighted by Crippen LogP contribution is -2.22. The van der Waals surface area contributed by atoms with E-state index in [0.29, 0.717) is 40.0 Å². The molecule has 8 heteroatoms. The maximum atomic E-state index is 11.6. The van der Waals surface area contributed by atoms with Crippen LogP contribution in [0.3, 0.4) is 0 Å². The number of nitrogens with two attached hydrogens (primary N) is 1. The summed E-state index contributed by atoms with van der Waals surface area (Å²) in [5.41, 5.74) is 7.41. The molecule has 170 valence electrons. The quantitative estimate of drug-likeness (QED) is 0.242. The highest BCUT2D eigenvalue weighted by atomic mass is 35.5. The molecule has 0 spiro atoms. The molecule has 2 rings (SSSR count). The lowest BCUT2D eigenvalue weighted by Gasteiger charge is -2.15. The second-order valence-electron chi connectivity index (χ2n) is 7.49. The fourth-order valence-electron chi connectivity index (χ4n) is 3.40. The van der Waals surface area contributed by atoms with E-state index in [1.807, 2.05) is 18.2 Å². The van der Waals surface area contributed by atoms with Crippen molar-refractivity contribution >= 4 is 34.9 Å². The van der Waals surface area contributed by atoms with Gasteiger partial charge in [-0.25, -0.2) is 0 Å². The number of hydrogen-bond acceptors (Lipinski definition) is 5. The number of carboxylic acid groups (broad SMARTS) is 1. The zero-order valence-corrected chi connectivity index (χ0v) is 19.1. The lowest BCUT2D eigenvalue weighted by molar-refractivity contribution is -0.139. The van der Waals surface area contributed by atoms with Crippen molar-refractivity contribution in [3.8, 4) is 5.75 Å². The number of rotatable bonds is 13. The maximum Gasteiger partial charge on any atom is 0.310 e. The average Bonchev–Trinajstić information content (AvgIpc) is 2.75. The molecule has 0 radical (unpaired) electrons. The predicted octanol–water partition coefficient (Wildman–Crippen LogP) is 5.03. The number of aliphatic hydroxyl groups excluding tert-OH is 1. The summed E-state index contributed by atoms with van der Waals surface area (Å²) in [7, 11) is 1.57. The number of hydrogen-bond donors (Lipinski definition) is 4. The second-order valence-corrected chi connectivity index (χ2v) is 8.30. The number of methoxy groups -OCH3 is 1. The molecule has 0 aromatic heterocycles. The van der Waals surface area contributed by atoms with Crippen LogP contribution in [0.2, 0.25) is 10.0 Å². The Hall–Kier alpha value is -1.99. The van der Waals surface area contributed by atoms with E-state index in [0.717, 1.165) is 37.8 Å². The van der Waals surface area contributed by atoms with Gasteiger partial charge < -0.3 is 26.0 Å². The van der Waals surface area contributed by atoms with Gasteiger partial charge in [0.2, 0.25) is 0 Å². The number of ether oxygens (including phenoxy) is 1. The van der Waals surface area contributed by atoms with Crippen molar-refractivity contribution in [2.45, 2.75) is 44.1 Å². The summed E-state index contributed by atoms with van der Waals surface area (Å²) < 4.78 is 5.19. The summed E-state index contributed by atoms with van der Waals surface area (Å²) >= 11 is 12.0. The minimum Gasteiger partial charge on any atom is -0.497 e. The molecule has 2 unspecified atom stereocenters. The third-order valence-electron chi connectivity index (χ3n) is 5.21. The molecule has 2 aromatic carbocycles. The Kier molecular flexibility index (Phi) is 10.4. The molecule has 0 aliphatic carbocycles. The van der Waals surface area contributed by atoms with Gasteiger partial charge in [0, 0.05) is 6.54 Å². The van der Waals surface area contributed by atoms with Gasteiger partial charge in [-0.2, -0.15) is 0 Å². The average molecular weight is 469 g/mol. The first-order chi connectivity index (χ1) is 14.8. The smallest absolute Gasteiger partial charge is 0.310 e. The highest BCUT2D eigenvalue weighted by Crippen LogP contribution is 2.31. The molecule has 0 aliphatic rings. The molecular weight excluding hydrogens is 439 g/mol. The second kappa shape index (κ2) is 12.8. The lowest BCUT2D eigenvalue weighted by atomic mass is 9.93. The summed E-state index contributed by atoms with van der Waals surface area (Å²) in [6.07, 6.45) is 3.56. The van der Waals surface area contributed by atoms with Crippen molar-refractivity contribution in [2.24, 2.45) is 0 Å². The number of benzene rings is 2. The van der Waals surface area contributed by atoms with Crippen LogP contribution in [0.5, 0.6) is 5.75 Å². The number of unbranched alkanes of at least 4 members (excludes halogenated alkanes) is 3. The van der Waals surface area contributed by atoms with E-state index in [9.17, 15) is 15.0 Å². The molecule has 0 fully saturated rings. The number of carboxylic acids is 1. The van der Waals surface area contributed by atoms with Gasteiger partial charge >= 0.3 is 5.97 Å². The number of carbonyl (C=O) groups is 1. The molecule has 0 amide bonds. The summed E-state index contributed by atoms with van der Waals surface area (Å²) in [4.78, 5) is 11.6. The van der Waals surface area contributed by atoms with Crippen molar-refractivity contribution in [1.82, 2.24) is 5.32 Å². The third kappa shape index (κ3) is 7.89. The monoisotopic (exact) mass is 468 g/mol. The highest BCUT2D eigenvalue weighted by Gasteiger charge is 2.19. The molecule has 31 heavy (non-hydrogen) atoms. The molecule has 5 N–H and O–H groups in total. The molecule has 2 atom stereocenters. The number of nitrogens with one attached hydrogen (secondary N) is 1. The van der Waals surface area contributed by atoms with Crippen LogP contribution in [0.4, 0.5) is 5.69 Å². The molecule has 0 heterocycles. The van der Waals surface area contributed by atoms with Crippen LogP contribution in [0.1, 0.15) is 55.3 Å². The third-order valence-corrected chi connectivity index (χ3v) is 5.84. The maximum absolute atomic E-state index is 11.6. The first kappa shape index (κ1) is 25.3. The fourth-order valence-corrected chi connectivity index (χ4v) is 3.90. The zero-order chi connectivity index (χ0) is 22.8. The minimum atomic E-state index is -0.813. The Morgan fingerprint density at radius 1 is 1.10 bits per heavy atom. The summed E-state index contributed by atoms with van der Waals surface area (Å²) in [6, 6.07) is 10.5. The Labute approximate surface area is 193 Å². The van der Waals surface area contributed by atoms with Crippen LogP contribution in [0.15, 0.2) is 36.4 Å². The van der Waals surface area contributed by atoms with Crippen LogP contribution in [-0.4, -0.2) is 36.4 Å². The zero-order valence-electron chi connectivity index (χ0n) is 17.6. The van der Waals surface area contributed by atoms with Crippen molar-refractivity contribution < 1.29 is 19.7 Å². The Morgan fingerprint density at radius 3 is 2.42 bits per heavy atom. The van der Waals surface area contributed by atoms with Crippen LogP contribution in [0, 0.1) is 0 Å². The van der Waals surface area contributed by atoms with Gasteiger partial charge in [-0.05, 0) is 54.8 Å². The molecule has 0 bridgehead atoms. The summed E-state index contributed by atoms with van der Waals surface area (Å²) in [5.74, 6) is -0.672. The Morgan fingerprint density at radius 2 is 1.77 bits per heavy atom. The van der Waals surface area contributed by atoms with Gasteiger partial charge in [0.15, 0.2) is 0 Å². The number of aliphatic hydroxyl groups is 1. The summed E-state index contributed by atoms with van der Waals surface area (Å²) in [5, 5.41) is 23.7. The number of anilines is 1. The highest BCUT2D eigenvalue weighted by molar-refractivity contribution is 6.38. The van der Waals surface area contributed by atoms with Crippen molar-refractivity contribution in [2.75, 3.05) is 25.9 Å². The van der Waals surface area contributed by atoms with Crippen LogP contribution >= 0.6 is 23.2 Å². The summed E-state index contributed by atoms with van der Waals surface area (Å²) in [6.45, 7) is 1.14. The van der Waals surface area contributed by atoms with Crippen molar-refractivity contribution in [3.05, 3.63) is 57.6 Å². The number of aliphatic carboxylic acids is 1. The predicted molar refractivity (Wildman–Crippen MR) is 125 cm³/mol. The fraction of sp³-hybridized carbons (Fsp3) is 0.435. The molecule has 6 nitrogen and oxygen atoms in total. The first-order valence-corrected chi connectivity index (χ1v) is 11.1. The van der Waals surface area contributed by atoms with E-state index >= 15 is 0 Å². The topological polar surface area (TPSA) is 105 Å². The first-order valence-electron chi connectivity index (χ1n) is 10.3. The molecule has 2 aromatic rings. The van der Waals surface area contributed by atoms with E-state index in [-0.39, 0.29) is 0 Å². The van der Waals surface area contributed by atoms with E-state index < -0.39 is 18.0 Å². The van der Waals surface area contributed by atoms with Crippen molar-refractivity contribution in [1.29, 1.82) is 0 Å². The van der Waals surface area contributed by atoms with Gasteiger partial charge in [-0.3, -0.25) is 4.79 Å². The van der Waals surface area contributed by atoms with Gasteiger partial charge in [0.25, 0.3) is 0 Å². The Balaban J connectivity index is 1.66. The van der Waals surface area contributed by atoms with E-state index in [1.54, 1.807) is 25.3 Å². The molecular formula is C23H30Cl2N2O4. The van der Waals surface area contributed by atoms with Gasteiger partial charge in [0.05, 0.1) is 34.9 Å². The Bertz CT molecular complexity index is 840. The molecule has 0 saturated carbocycles. The van der Waals surface area contributed by atoms with Crippen LogP contribution in [-0.2, 0) is 4.79 Å².